The third-order valence-electron chi connectivity index (χ3n) is 6.36. The molecule has 1 aromatic rings. The van der Waals surface area contributed by atoms with Gasteiger partial charge in [-0.25, -0.2) is 0 Å². The van der Waals surface area contributed by atoms with Gasteiger partial charge in [0.1, 0.15) is 11.1 Å². The Balaban J connectivity index is 1.66. The molecule has 1 aromatic carbocycles. The Bertz CT molecular complexity index is 689. The van der Waals surface area contributed by atoms with Gasteiger partial charge in [-0.2, -0.15) is 0 Å². The minimum Gasteiger partial charge on any atom is -0.394 e. The minimum absolute atomic E-state index is 0.208. The van der Waals surface area contributed by atoms with E-state index in [9.17, 15) is 20.1 Å². The fraction of sp³-hybridized carbons (Fsp3) is 0.591. The fourth-order valence-corrected chi connectivity index (χ4v) is 4.51. The summed E-state index contributed by atoms with van der Waals surface area (Å²) in [5.41, 5.74) is -2.05. The van der Waals surface area contributed by atoms with Gasteiger partial charge in [0.25, 0.3) is 0 Å². The molecule has 2 aliphatic rings. The van der Waals surface area contributed by atoms with Crippen LogP contribution in [0.5, 0.6) is 0 Å². The van der Waals surface area contributed by atoms with E-state index in [0.29, 0.717) is 19.6 Å². The van der Waals surface area contributed by atoms with Crippen LogP contribution in [0.15, 0.2) is 42.5 Å². The maximum Gasteiger partial charge on any atom is 0.226 e. The van der Waals surface area contributed by atoms with Crippen LogP contribution >= 0.6 is 0 Å². The van der Waals surface area contributed by atoms with Crippen LogP contribution in [-0.4, -0.2) is 51.7 Å². The average Bonchev–Trinajstić information content (AvgIpc) is 2.91. The summed E-state index contributed by atoms with van der Waals surface area (Å²) in [4.78, 5) is 12.6. The molecular formula is C22H31NO5. The maximum absolute atomic E-state index is 12.6. The monoisotopic (exact) mass is 389 g/mol. The highest BCUT2D eigenvalue weighted by molar-refractivity contribution is 5.84. The van der Waals surface area contributed by atoms with Crippen molar-refractivity contribution < 1.29 is 24.9 Å². The molecule has 6 nitrogen and oxygen atoms in total. The molecule has 0 unspecified atom stereocenters. The molecular weight excluding hydrogens is 358 g/mol. The van der Waals surface area contributed by atoms with E-state index < -0.39 is 29.8 Å². The van der Waals surface area contributed by atoms with E-state index in [-0.39, 0.29) is 11.8 Å². The van der Waals surface area contributed by atoms with Crippen molar-refractivity contribution in [3.63, 3.8) is 0 Å². The summed E-state index contributed by atoms with van der Waals surface area (Å²) >= 11 is 0. The van der Waals surface area contributed by atoms with E-state index in [4.69, 9.17) is 4.74 Å². The summed E-state index contributed by atoms with van der Waals surface area (Å²) in [7, 11) is 0. The van der Waals surface area contributed by atoms with Gasteiger partial charge in [-0.15, -0.1) is 0 Å². The van der Waals surface area contributed by atoms with Crippen molar-refractivity contribution in [2.45, 2.75) is 56.5 Å². The number of hydrogen-bond acceptors (Lipinski definition) is 5. The number of hydrogen-bond donors (Lipinski definition) is 4. The quantitative estimate of drug-likeness (QED) is 0.399. The van der Waals surface area contributed by atoms with Gasteiger partial charge in [0, 0.05) is 12.5 Å². The fourth-order valence-electron chi connectivity index (χ4n) is 4.51. The first-order valence-corrected chi connectivity index (χ1v) is 10.0. The zero-order valence-electron chi connectivity index (χ0n) is 16.4. The van der Waals surface area contributed by atoms with Gasteiger partial charge >= 0.3 is 0 Å². The Morgan fingerprint density at radius 1 is 1.32 bits per heavy atom. The maximum atomic E-state index is 12.6. The molecule has 1 amide bonds. The molecule has 0 aromatic heterocycles. The molecule has 1 aliphatic carbocycles. The molecule has 5 atom stereocenters. The number of benzene rings is 1. The topological polar surface area (TPSA) is 99.0 Å². The lowest BCUT2D eigenvalue weighted by atomic mass is 9.68. The average molecular weight is 389 g/mol. The van der Waals surface area contributed by atoms with Crippen molar-refractivity contribution in [1.82, 2.24) is 5.32 Å². The second-order valence-electron chi connectivity index (χ2n) is 8.11. The van der Waals surface area contributed by atoms with Crippen LogP contribution in [0.3, 0.4) is 0 Å². The van der Waals surface area contributed by atoms with Crippen molar-refractivity contribution in [3.05, 3.63) is 48.0 Å². The van der Waals surface area contributed by atoms with Crippen LogP contribution in [0.2, 0.25) is 0 Å². The molecule has 28 heavy (non-hydrogen) atoms. The molecule has 0 radical (unpaired) electrons. The molecule has 1 heterocycles. The Morgan fingerprint density at radius 3 is 2.71 bits per heavy atom. The lowest BCUT2D eigenvalue weighted by Crippen LogP contribution is -2.68. The SMILES string of the molecule is C[C@]1(O)[C@@H](CCOCc2ccccc2)C(=O)N[C@]1(CO)[C@H](O)[C@@H]1C=CCCC1. The molecule has 154 valence electrons. The standard InChI is InChI=1S/C22H31NO5/c1-21(27)18(12-13-28-14-16-8-4-2-5-9-16)20(26)23-22(21,15-24)19(25)17-10-6-3-7-11-17/h2,4-6,8-10,17-19,24-25,27H,3,7,11-15H2,1H3,(H,23,26)/t17-,18+,19-,21+,22-/m1/s1. The summed E-state index contributed by atoms with van der Waals surface area (Å²) in [6.45, 7) is 1.72. The van der Waals surface area contributed by atoms with Gasteiger partial charge in [-0.3, -0.25) is 4.79 Å². The third kappa shape index (κ3) is 3.87. The van der Waals surface area contributed by atoms with E-state index in [1.54, 1.807) is 0 Å². The highest BCUT2D eigenvalue weighted by atomic mass is 16.5. The van der Waals surface area contributed by atoms with E-state index >= 15 is 0 Å². The van der Waals surface area contributed by atoms with Gasteiger partial charge in [0.05, 0.1) is 25.2 Å². The number of allylic oxidation sites excluding steroid dienone is 1. The second kappa shape index (κ2) is 8.74. The number of aliphatic hydroxyl groups is 3. The van der Waals surface area contributed by atoms with E-state index in [2.05, 4.69) is 5.32 Å². The highest BCUT2D eigenvalue weighted by Gasteiger charge is 2.64. The van der Waals surface area contributed by atoms with E-state index in [1.807, 2.05) is 42.5 Å². The largest absolute Gasteiger partial charge is 0.394 e. The lowest BCUT2D eigenvalue weighted by molar-refractivity contribution is -0.129. The smallest absolute Gasteiger partial charge is 0.226 e. The number of aliphatic hydroxyl groups excluding tert-OH is 2. The van der Waals surface area contributed by atoms with Crippen molar-refractivity contribution in [2.24, 2.45) is 11.8 Å². The molecule has 0 saturated carbocycles. The molecule has 4 N–H and O–H groups in total. The van der Waals surface area contributed by atoms with Crippen LogP contribution in [-0.2, 0) is 16.1 Å². The minimum atomic E-state index is -1.60. The zero-order chi connectivity index (χ0) is 20.2. The Hall–Kier alpha value is -1.73. The first kappa shape index (κ1) is 21.0. The molecule has 1 fully saturated rings. The number of amides is 1. The van der Waals surface area contributed by atoms with Crippen LogP contribution in [0.4, 0.5) is 0 Å². The van der Waals surface area contributed by atoms with Gasteiger partial charge in [-0.05, 0) is 38.2 Å². The third-order valence-corrected chi connectivity index (χ3v) is 6.36. The van der Waals surface area contributed by atoms with Gasteiger partial charge < -0.3 is 25.4 Å². The van der Waals surface area contributed by atoms with Crippen molar-refractivity contribution in [1.29, 1.82) is 0 Å². The normalized spacial score (nSPS) is 33.6. The summed E-state index contributed by atoms with van der Waals surface area (Å²) in [6, 6.07) is 9.73. The number of carbonyl (C=O) groups excluding carboxylic acids is 1. The van der Waals surface area contributed by atoms with Crippen LogP contribution in [0.1, 0.15) is 38.2 Å². The number of rotatable bonds is 8. The van der Waals surface area contributed by atoms with Gasteiger partial charge in [-0.1, -0.05) is 42.5 Å². The predicted octanol–water partition coefficient (Wildman–Crippen LogP) is 1.54. The lowest BCUT2D eigenvalue weighted by Gasteiger charge is -2.45. The number of nitrogens with one attached hydrogen (secondary N) is 1. The molecule has 6 heteroatoms. The molecule has 3 rings (SSSR count). The van der Waals surface area contributed by atoms with Crippen LogP contribution in [0.25, 0.3) is 0 Å². The summed E-state index contributed by atoms with van der Waals surface area (Å²) in [5.74, 6) is -1.33. The number of carbonyl (C=O) groups is 1. The summed E-state index contributed by atoms with van der Waals surface area (Å²) in [6.07, 6.45) is 5.82. The highest BCUT2D eigenvalue weighted by Crippen LogP contribution is 2.43. The predicted molar refractivity (Wildman–Crippen MR) is 105 cm³/mol. The number of ether oxygens (including phenoxy) is 1. The Kier molecular flexibility index (Phi) is 6.55. The molecule has 0 spiro atoms. The van der Waals surface area contributed by atoms with Crippen molar-refractivity contribution in [2.75, 3.05) is 13.2 Å². The first-order chi connectivity index (χ1) is 13.4. The van der Waals surface area contributed by atoms with Gasteiger partial charge in [0.15, 0.2) is 0 Å². The molecule has 0 bridgehead atoms. The Labute approximate surface area is 166 Å². The summed E-state index contributed by atoms with van der Waals surface area (Å²) in [5, 5.41) is 35.1. The van der Waals surface area contributed by atoms with Gasteiger partial charge in [0.2, 0.25) is 5.91 Å². The van der Waals surface area contributed by atoms with E-state index in [1.165, 1.54) is 6.92 Å². The summed E-state index contributed by atoms with van der Waals surface area (Å²) < 4.78 is 5.67. The first-order valence-electron chi connectivity index (χ1n) is 10.0. The van der Waals surface area contributed by atoms with Crippen molar-refractivity contribution in [3.8, 4) is 0 Å². The van der Waals surface area contributed by atoms with Crippen LogP contribution in [0, 0.1) is 11.8 Å². The van der Waals surface area contributed by atoms with E-state index in [0.717, 1.165) is 24.8 Å². The molecule has 1 saturated heterocycles. The zero-order valence-corrected chi connectivity index (χ0v) is 16.4. The van der Waals surface area contributed by atoms with Crippen LogP contribution < -0.4 is 5.32 Å². The second-order valence-corrected chi connectivity index (χ2v) is 8.11. The molecule has 1 aliphatic heterocycles. The van der Waals surface area contributed by atoms with Crippen molar-refractivity contribution >= 4 is 5.91 Å². The Morgan fingerprint density at radius 2 is 2.07 bits per heavy atom.